The maximum absolute atomic E-state index is 12.2. The van der Waals surface area contributed by atoms with Crippen molar-refractivity contribution in [3.05, 3.63) is 58.1 Å². The summed E-state index contributed by atoms with van der Waals surface area (Å²) in [5.74, 6) is 0.240. The quantitative estimate of drug-likeness (QED) is 0.397. The molecule has 2 aromatic carbocycles. The molecule has 0 fully saturated rings. The van der Waals surface area contributed by atoms with Crippen LogP contribution in [0.3, 0.4) is 0 Å². The third-order valence-electron chi connectivity index (χ3n) is 4.34. The average Bonchev–Trinajstić information content (AvgIpc) is 2.69. The van der Waals surface area contributed by atoms with Gasteiger partial charge in [0.05, 0.1) is 18.8 Å². The number of unbranched alkanes of at least 4 members (excludes halogenated alkanes) is 1. The zero-order valence-corrected chi connectivity index (χ0v) is 18.0. The fraction of sp³-hybridized carbons (Fsp3) is 0.391. The first-order valence-electron chi connectivity index (χ1n) is 9.87. The number of carbonyl (C=O) groups excluding carboxylic acids is 2. The Morgan fingerprint density at radius 1 is 1.03 bits per heavy atom. The summed E-state index contributed by atoms with van der Waals surface area (Å²) in [6.45, 7) is 6.73. The minimum Gasteiger partial charge on any atom is -0.494 e. The number of carbonyl (C=O) groups is 2. The molecule has 0 radical (unpaired) electrons. The zero-order chi connectivity index (χ0) is 21.2. The van der Waals surface area contributed by atoms with E-state index in [1.54, 1.807) is 24.3 Å². The van der Waals surface area contributed by atoms with Gasteiger partial charge in [-0.15, -0.1) is 0 Å². The van der Waals surface area contributed by atoms with Gasteiger partial charge in [-0.1, -0.05) is 31.0 Å². The average molecular weight is 418 g/mol. The highest BCUT2D eigenvalue weighted by atomic mass is 35.5. The number of anilines is 1. The summed E-state index contributed by atoms with van der Waals surface area (Å²) in [6.07, 6.45) is 2.69. The number of hydrogen-bond donors (Lipinski definition) is 1. The van der Waals surface area contributed by atoms with Crippen LogP contribution in [-0.2, 0) is 9.53 Å². The van der Waals surface area contributed by atoms with Gasteiger partial charge < -0.3 is 14.8 Å². The minimum absolute atomic E-state index is 0.131. The summed E-state index contributed by atoms with van der Waals surface area (Å²) in [4.78, 5) is 24.2. The molecule has 1 amide bonds. The lowest BCUT2D eigenvalue weighted by Crippen LogP contribution is -2.13. The summed E-state index contributed by atoms with van der Waals surface area (Å²) in [5, 5.41) is 3.55. The predicted molar refractivity (Wildman–Crippen MR) is 116 cm³/mol. The van der Waals surface area contributed by atoms with E-state index in [0.717, 1.165) is 34.7 Å². The topological polar surface area (TPSA) is 64.6 Å². The first-order chi connectivity index (χ1) is 13.9. The first-order valence-corrected chi connectivity index (χ1v) is 10.2. The molecule has 0 aliphatic rings. The van der Waals surface area contributed by atoms with E-state index in [2.05, 4.69) is 5.32 Å². The molecule has 0 atom stereocenters. The smallest absolute Gasteiger partial charge is 0.338 e. The Balaban J connectivity index is 1.78. The number of benzene rings is 2. The molecular formula is C23H28ClNO4. The summed E-state index contributed by atoms with van der Waals surface area (Å²) >= 11 is 6.15. The second kappa shape index (κ2) is 11.5. The van der Waals surface area contributed by atoms with Crippen LogP contribution in [0.15, 0.2) is 36.4 Å². The van der Waals surface area contributed by atoms with E-state index < -0.39 is 0 Å². The molecule has 0 aliphatic carbocycles. The van der Waals surface area contributed by atoms with E-state index in [1.165, 1.54) is 0 Å². The molecule has 5 nitrogen and oxygen atoms in total. The van der Waals surface area contributed by atoms with Gasteiger partial charge in [0.15, 0.2) is 0 Å². The van der Waals surface area contributed by atoms with Crippen LogP contribution < -0.4 is 10.1 Å². The molecule has 0 spiro atoms. The Hall–Kier alpha value is -2.53. The highest BCUT2D eigenvalue weighted by molar-refractivity contribution is 6.32. The molecule has 156 valence electrons. The second-order valence-electron chi connectivity index (χ2n) is 6.94. The van der Waals surface area contributed by atoms with Crippen molar-refractivity contribution in [3.63, 3.8) is 0 Å². The molecule has 0 unspecified atom stereocenters. The highest BCUT2D eigenvalue weighted by Crippen LogP contribution is 2.26. The van der Waals surface area contributed by atoms with Crippen molar-refractivity contribution >= 4 is 29.2 Å². The molecule has 0 aliphatic heterocycles. The summed E-state index contributed by atoms with van der Waals surface area (Å²) < 4.78 is 10.9. The lowest BCUT2D eigenvalue weighted by Gasteiger charge is -2.10. The molecule has 6 heteroatoms. The summed E-state index contributed by atoms with van der Waals surface area (Å²) in [5.41, 5.74) is 2.93. The van der Waals surface area contributed by atoms with Crippen LogP contribution >= 0.6 is 11.6 Å². The Labute approximate surface area is 177 Å². The fourth-order valence-corrected chi connectivity index (χ4v) is 2.86. The molecule has 0 heterocycles. The second-order valence-corrected chi connectivity index (χ2v) is 7.32. The van der Waals surface area contributed by atoms with Crippen LogP contribution in [0.5, 0.6) is 5.75 Å². The van der Waals surface area contributed by atoms with E-state index in [4.69, 9.17) is 21.1 Å². The lowest BCUT2D eigenvalue weighted by atomic mass is 10.1. The van der Waals surface area contributed by atoms with Crippen LogP contribution in [0, 0.1) is 13.8 Å². The Kier molecular flexibility index (Phi) is 9.00. The molecule has 0 aromatic heterocycles. The molecule has 2 rings (SSSR count). The van der Waals surface area contributed by atoms with E-state index >= 15 is 0 Å². The van der Waals surface area contributed by atoms with Gasteiger partial charge >= 0.3 is 5.97 Å². The van der Waals surface area contributed by atoms with Gasteiger partial charge in [0.2, 0.25) is 5.91 Å². The molecule has 1 N–H and O–H groups in total. The first kappa shape index (κ1) is 22.8. The molecule has 2 aromatic rings. The number of aryl methyl sites for hydroxylation is 2. The fourth-order valence-electron chi connectivity index (χ4n) is 2.75. The van der Waals surface area contributed by atoms with Gasteiger partial charge in [0.25, 0.3) is 0 Å². The number of ether oxygens (including phenoxy) is 2. The summed E-state index contributed by atoms with van der Waals surface area (Å²) in [6, 6.07) is 10.5. The van der Waals surface area contributed by atoms with Gasteiger partial charge in [0, 0.05) is 17.1 Å². The van der Waals surface area contributed by atoms with E-state index in [-0.39, 0.29) is 11.9 Å². The number of nitrogens with one attached hydrogen (secondary N) is 1. The Bertz CT molecular complexity index is 828. The maximum Gasteiger partial charge on any atom is 0.338 e. The molecule has 29 heavy (non-hydrogen) atoms. The number of amides is 1. The van der Waals surface area contributed by atoms with Crippen molar-refractivity contribution in [2.45, 2.75) is 46.5 Å². The SMILES string of the molecule is CCCCOC(=O)c1cccc(NC(=O)CCCOc2cc(C)c(Cl)c(C)c2)c1. The number of esters is 1. The van der Waals surface area contributed by atoms with Crippen LogP contribution in [-0.4, -0.2) is 25.1 Å². The van der Waals surface area contributed by atoms with Crippen molar-refractivity contribution in [2.24, 2.45) is 0 Å². The standard InChI is InChI=1S/C23H28ClNO4/c1-4-5-11-29-23(27)18-8-6-9-19(15-18)25-21(26)10-7-12-28-20-13-16(2)22(24)17(3)14-20/h6,8-9,13-15H,4-5,7,10-12H2,1-3H3,(H,25,26). The van der Waals surface area contributed by atoms with Gasteiger partial charge in [-0.25, -0.2) is 4.79 Å². The number of rotatable bonds is 10. The normalized spacial score (nSPS) is 10.5. The van der Waals surface area contributed by atoms with Crippen molar-refractivity contribution in [3.8, 4) is 5.75 Å². The van der Waals surface area contributed by atoms with Gasteiger partial charge in [-0.2, -0.15) is 0 Å². The third kappa shape index (κ3) is 7.42. The zero-order valence-electron chi connectivity index (χ0n) is 17.2. The Morgan fingerprint density at radius 2 is 1.76 bits per heavy atom. The third-order valence-corrected chi connectivity index (χ3v) is 4.94. The molecular weight excluding hydrogens is 390 g/mol. The van der Waals surface area contributed by atoms with E-state index in [0.29, 0.717) is 37.3 Å². The molecule has 0 saturated heterocycles. The molecule has 0 bridgehead atoms. The van der Waals surface area contributed by atoms with Crippen molar-refractivity contribution < 1.29 is 19.1 Å². The highest BCUT2D eigenvalue weighted by Gasteiger charge is 2.09. The van der Waals surface area contributed by atoms with Gasteiger partial charge in [-0.05, 0) is 68.1 Å². The molecule has 0 saturated carbocycles. The van der Waals surface area contributed by atoms with Crippen LogP contribution in [0.2, 0.25) is 5.02 Å². The number of hydrogen-bond acceptors (Lipinski definition) is 4. The Morgan fingerprint density at radius 3 is 2.45 bits per heavy atom. The predicted octanol–water partition coefficient (Wildman–Crippen LogP) is 5.71. The lowest BCUT2D eigenvalue weighted by molar-refractivity contribution is -0.116. The van der Waals surface area contributed by atoms with Crippen LogP contribution in [0.1, 0.15) is 54.1 Å². The monoisotopic (exact) mass is 417 g/mol. The van der Waals surface area contributed by atoms with Gasteiger partial charge in [-0.3, -0.25) is 4.79 Å². The largest absolute Gasteiger partial charge is 0.494 e. The minimum atomic E-state index is -0.378. The number of halogens is 1. The maximum atomic E-state index is 12.2. The van der Waals surface area contributed by atoms with Crippen LogP contribution in [0.25, 0.3) is 0 Å². The van der Waals surface area contributed by atoms with E-state index in [1.807, 2.05) is 32.9 Å². The van der Waals surface area contributed by atoms with Crippen LogP contribution in [0.4, 0.5) is 5.69 Å². The van der Waals surface area contributed by atoms with Crippen molar-refractivity contribution in [1.29, 1.82) is 0 Å². The van der Waals surface area contributed by atoms with Crippen molar-refractivity contribution in [1.82, 2.24) is 0 Å². The van der Waals surface area contributed by atoms with E-state index in [9.17, 15) is 9.59 Å². The summed E-state index contributed by atoms with van der Waals surface area (Å²) in [7, 11) is 0. The van der Waals surface area contributed by atoms with Gasteiger partial charge in [0.1, 0.15) is 5.75 Å². The van der Waals surface area contributed by atoms with Crippen molar-refractivity contribution in [2.75, 3.05) is 18.5 Å².